The van der Waals surface area contributed by atoms with Crippen LogP contribution in [-0.2, 0) is 38.6 Å². The minimum atomic E-state index is -4.27. The summed E-state index contributed by atoms with van der Waals surface area (Å²) in [5, 5.41) is 0. The number of carbonyl (C=O) groups is 1. The first-order valence-electron chi connectivity index (χ1n) is 12.5. The Bertz CT molecular complexity index is 783. The molecule has 0 aromatic heterocycles. The quantitative estimate of drug-likeness (QED) is 0.0731. The Balaban J connectivity index is 5.15. The molecular formula is C21H47NO10S2Si2. The molecule has 36 heavy (non-hydrogen) atoms. The molecule has 0 fully saturated rings. The molecule has 0 aliphatic heterocycles. The average molecular weight is 594 g/mol. The standard InChI is InChI=1S/C21H47NO10S2Si2/c1-21(23)9-14-30-16-17-31-15-13-22(10-4-6-18-33(24,25)26,11-5-7-19-34(27,28)29)12-8-20-36(2,3)32-35/h4-20H2,1-3,35H3,(H-,24,25,26,27,28,29). The van der Waals surface area contributed by atoms with Crippen LogP contribution >= 0.6 is 0 Å². The molecule has 0 amide bonds. The van der Waals surface area contributed by atoms with Crippen LogP contribution in [0.3, 0.4) is 0 Å². The fourth-order valence-electron chi connectivity index (χ4n) is 3.87. The molecule has 15 heteroatoms. The number of ether oxygens (including phenoxy) is 2. The zero-order valence-corrected chi connectivity index (χ0v) is 27.0. The second-order valence-electron chi connectivity index (χ2n) is 9.94. The Morgan fingerprint density at radius 1 is 0.861 bits per heavy atom. The van der Waals surface area contributed by atoms with Gasteiger partial charge in [0.2, 0.25) is 0 Å². The van der Waals surface area contributed by atoms with Crippen molar-refractivity contribution in [3.05, 3.63) is 0 Å². The third-order valence-corrected chi connectivity index (χ3v) is 13.8. The molecule has 0 heterocycles. The molecule has 1 unspecified atom stereocenters. The zero-order valence-electron chi connectivity index (χ0n) is 22.4. The molecular weight excluding hydrogens is 547 g/mol. The first kappa shape index (κ1) is 35.8. The number of ketones is 1. The molecule has 0 radical (unpaired) electrons. The third kappa shape index (κ3) is 21.8. The number of rotatable bonds is 24. The summed E-state index contributed by atoms with van der Waals surface area (Å²) in [7, 11) is -9.34. The zero-order chi connectivity index (χ0) is 27.7. The molecule has 0 aromatic rings. The second kappa shape index (κ2) is 18.1. The summed E-state index contributed by atoms with van der Waals surface area (Å²) < 4.78 is 82.0. The van der Waals surface area contributed by atoms with Crippen molar-refractivity contribution >= 4 is 44.8 Å². The van der Waals surface area contributed by atoms with E-state index >= 15 is 0 Å². The van der Waals surface area contributed by atoms with Crippen molar-refractivity contribution < 1.29 is 48.8 Å². The van der Waals surface area contributed by atoms with E-state index in [9.17, 15) is 26.2 Å². The van der Waals surface area contributed by atoms with Gasteiger partial charge >= 0.3 is 0 Å². The van der Waals surface area contributed by atoms with Crippen molar-refractivity contribution in [1.29, 1.82) is 0 Å². The van der Waals surface area contributed by atoms with Crippen molar-refractivity contribution in [2.45, 2.75) is 64.6 Å². The van der Waals surface area contributed by atoms with E-state index in [0.717, 1.165) is 19.0 Å². The van der Waals surface area contributed by atoms with Gasteiger partial charge in [0, 0.05) is 12.2 Å². The van der Waals surface area contributed by atoms with Crippen LogP contribution in [0.1, 0.15) is 45.4 Å². The van der Waals surface area contributed by atoms with Gasteiger partial charge in [-0.25, -0.2) is 8.42 Å². The minimum Gasteiger partial charge on any atom is -0.748 e. The lowest BCUT2D eigenvalue weighted by Gasteiger charge is -2.40. The summed E-state index contributed by atoms with van der Waals surface area (Å²) in [6.45, 7) is 10.2. The van der Waals surface area contributed by atoms with Gasteiger partial charge in [0.05, 0.1) is 61.9 Å². The van der Waals surface area contributed by atoms with Gasteiger partial charge in [-0.05, 0) is 58.2 Å². The van der Waals surface area contributed by atoms with Crippen LogP contribution in [0.25, 0.3) is 0 Å². The van der Waals surface area contributed by atoms with Crippen LogP contribution in [0.15, 0.2) is 0 Å². The van der Waals surface area contributed by atoms with Crippen LogP contribution in [-0.4, -0.2) is 119 Å². The van der Waals surface area contributed by atoms with Crippen LogP contribution < -0.4 is 0 Å². The van der Waals surface area contributed by atoms with E-state index in [0.29, 0.717) is 86.7 Å². The van der Waals surface area contributed by atoms with Crippen molar-refractivity contribution in [3.63, 3.8) is 0 Å². The first-order valence-corrected chi connectivity index (χ1v) is 19.7. The van der Waals surface area contributed by atoms with Gasteiger partial charge in [-0.15, -0.1) is 0 Å². The summed E-state index contributed by atoms with van der Waals surface area (Å²) in [6.07, 6.45) is 2.99. The molecule has 216 valence electrons. The van der Waals surface area contributed by atoms with Gasteiger partial charge < -0.3 is 22.6 Å². The largest absolute Gasteiger partial charge is 0.748 e. The molecule has 0 aliphatic rings. The maximum Gasteiger partial charge on any atom is 0.264 e. The molecule has 0 spiro atoms. The van der Waals surface area contributed by atoms with Gasteiger partial charge in [0.15, 0.2) is 8.32 Å². The normalized spacial score (nSPS) is 14.7. The molecule has 0 rings (SSSR count). The lowest BCUT2D eigenvalue weighted by atomic mass is 10.2. The number of nitrogens with zero attached hydrogens (tertiary/aromatic N) is 1. The number of unbranched alkanes of at least 4 members (excludes halogenated alkanes) is 2. The highest BCUT2D eigenvalue weighted by molar-refractivity contribution is 7.85. The van der Waals surface area contributed by atoms with E-state index in [4.69, 9.17) is 18.1 Å². The van der Waals surface area contributed by atoms with Crippen molar-refractivity contribution in [2.24, 2.45) is 0 Å². The van der Waals surface area contributed by atoms with Crippen molar-refractivity contribution in [2.75, 3.05) is 64.1 Å². The van der Waals surface area contributed by atoms with E-state index in [1.807, 2.05) is 0 Å². The molecule has 1 atom stereocenters. The van der Waals surface area contributed by atoms with Crippen molar-refractivity contribution in [3.8, 4) is 0 Å². The van der Waals surface area contributed by atoms with E-state index < -0.39 is 34.3 Å². The maximum atomic E-state index is 11.1. The average Bonchev–Trinajstić information content (AvgIpc) is 2.74. The molecule has 0 saturated heterocycles. The second-order valence-corrected chi connectivity index (χ2v) is 18.7. The van der Waals surface area contributed by atoms with Crippen LogP contribution in [0.2, 0.25) is 19.1 Å². The van der Waals surface area contributed by atoms with Crippen LogP contribution in [0.5, 0.6) is 0 Å². The minimum absolute atomic E-state index is 0.0684. The number of quaternary nitrogens is 1. The van der Waals surface area contributed by atoms with Crippen molar-refractivity contribution in [1.82, 2.24) is 0 Å². The molecule has 0 aromatic carbocycles. The number of Topliss-reactive ketones (excluding diaryl/α,β-unsaturated/α-hetero) is 1. The Morgan fingerprint density at radius 2 is 1.39 bits per heavy atom. The van der Waals surface area contributed by atoms with Gasteiger partial charge in [-0.2, -0.15) is 8.42 Å². The highest BCUT2D eigenvalue weighted by atomic mass is 32.2. The number of hydrogen-bond donors (Lipinski definition) is 1. The predicted molar refractivity (Wildman–Crippen MR) is 144 cm³/mol. The number of hydrogen-bond acceptors (Lipinski definition) is 9. The van der Waals surface area contributed by atoms with E-state index in [2.05, 4.69) is 13.1 Å². The fourth-order valence-corrected chi connectivity index (χ4v) is 6.82. The topological polar surface area (TPSA) is 156 Å². The van der Waals surface area contributed by atoms with E-state index in [-0.39, 0.29) is 18.0 Å². The van der Waals surface area contributed by atoms with E-state index in [1.54, 1.807) is 0 Å². The Kier molecular flexibility index (Phi) is 18.0. The third-order valence-electron chi connectivity index (χ3n) is 6.21. The summed E-state index contributed by atoms with van der Waals surface area (Å²) in [5.74, 6) is -0.638. The van der Waals surface area contributed by atoms with Gasteiger partial charge in [0.25, 0.3) is 10.1 Å². The summed E-state index contributed by atoms with van der Waals surface area (Å²) >= 11 is 0. The predicted octanol–water partition coefficient (Wildman–Crippen LogP) is 0.701. The lowest BCUT2D eigenvalue weighted by Crippen LogP contribution is -2.52. The maximum absolute atomic E-state index is 11.1. The van der Waals surface area contributed by atoms with Gasteiger partial charge in [0.1, 0.15) is 22.8 Å². The van der Waals surface area contributed by atoms with Crippen LogP contribution in [0.4, 0.5) is 0 Å². The molecule has 0 bridgehead atoms. The smallest absolute Gasteiger partial charge is 0.264 e. The first-order chi connectivity index (χ1) is 16.6. The lowest BCUT2D eigenvalue weighted by molar-refractivity contribution is -0.929. The molecule has 0 saturated carbocycles. The summed E-state index contributed by atoms with van der Waals surface area (Å²) in [6, 6.07) is 0.974. The monoisotopic (exact) mass is 593 g/mol. The SMILES string of the molecule is CC(=O)CCOCCOCC[N+](CCCCS(=O)(=O)[O-])(CCCCS(=O)(=O)O)CCC[Si](C)(C)O[SiH3]. The highest BCUT2D eigenvalue weighted by Crippen LogP contribution is 2.19. The fraction of sp³-hybridized carbons (Fsp3) is 0.952. The Labute approximate surface area is 222 Å². The molecule has 11 nitrogen and oxygen atoms in total. The van der Waals surface area contributed by atoms with Gasteiger partial charge in [-0.3, -0.25) is 9.35 Å². The Morgan fingerprint density at radius 3 is 1.89 bits per heavy atom. The molecule has 1 N–H and O–H groups in total. The molecule has 0 aliphatic carbocycles. The summed E-state index contributed by atoms with van der Waals surface area (Å²) in [4.78, 5) is 11.0. The van der Waals surface area contributed by atoms with Crippen LogP contribution in [0, 0.1) is 0 Å². The van der Waals surface area contributed by atoms with Gasteiger partial charge in [-0.1, -0.05) is 0 Å². The van der Waals surface area contributed by atoms with E-state index in [1.165, 1.54) is 6.92 Å². The highest BCUT2D eigenvalue weighted by Gasteiger charge is 2.29. The summed E-state index contributed by atoms with van der Waals surface area (Å²) in [5.41, 5.74) is 0. The Hall–Kier alpha value is -0.236. The number of carbonyl (C=O) groups excluding carboxylic acids is 1.